The zero-order chi connectivity index (χ0) is 13.7. The van der Waals surface area contributed by atoms with Gasteiger partial charge in [0.2, 0.25) is 0 Å². The van der Waals surface area contributed by atoms with Gasteiger partial charge in [-0.25, -0.2) is 4.79 Å². The molecule has 0 unspecified atom stereocenters. The molecule has 2 amide bonds. The number of hydrogen-bond donors (Lipinski definition) is 3. The summed E-state index contributed by atoms with van der Waals surface area (Å²) in [5.41, 5.74) is 7.73. The van der Waals surface area contributed by atoms with Crippen molar-refractivity contribution in [3.8, 4) is 0 Å². The van der Waals surface area contributed by atoms with Gasteiger partial charge in [0.15, 0.2) is 0 Å². The highest BCUT2D eigenvalue weighted by molar-refractivity contribution is 6.33. The van der Waals surface area contributed by atoms with E-state index in [0.29, 0.717) is 22.9 Å². The molecule has 0 aromatic heterocycles. The van der Waals surface area contributed by atoms with Crippen LogP contribution in [0.25, 0.3) is 0 Å². The van der Waals surface area contributed by atoms with Crippen LogP contribution in [-0.2, 0) is 6.54 Å². The van der Waals surface area contributed by atoms with E-state index in [2.05, 4.69) is 10.6 Å². The van der Waals surface area contributed by atoms with Gasteiger partial charge in [0.25, 0.3) is 0 Å². The van der Waals surface area contributed by atoms with E-state index >= 15 is 0 Å². The third-order valence-electron chi connectivity index (χ3n) is 2.55. The molecule has 5 heteroatoms. The molecular formula is C14H14ClN3O. The minimum absolute atomic E-state index is 0.287. The van der Waals surface area contributed by atoms with Crippen LogP contribution in [0.3, 0.4) is 0 Å². The largest absolute Gasteiger partial charge is 0.397 e. The molecule has 0 aliphatic heterocycles. The topological polar surface area (TPSA) is 67.1 Å². The van der Waals surface area contributed by atoms with Crippen LogP contribution in [0.2, 0.25) is 5.02 Å². The first kappa shape index (κ1) is 13.2. The molecule has 0 aliphatic rings. The predicted molar refractivity (Wildman–Crippen MR) is 78.2 cm³/mol. The lowest BCUT2D eigenvalue weighted by molar-refractivity contribution is 0.251. The summed E-state index contributed by atoms with van der Waals surface area (Å²) in [5, 5.41) is 5.92. The van der Waals surface area contributed by atoms with E-state index in [1.165, 1.54) is 0 Å². The Kier molecular flexibility index (Phi) is 4.26. The van der Waals surface area contributed by atoms with Gasteiger partial charge in [-0.05, 0) is 23.8 Å². The summed E-state index contributed by atoms with van der Waals surface area (Å²) in [7, 11) is 0. The van der Waals surface area contributed by atoms with Crippen LogP contribution < -0.4 is 16.4 Å². The van der Waals surface area contributed by atoms with Crippen LogP contribution in [0.15, 0.2) is 48.5 Å². The quantitative estimate of drug-likeness (QED) is 0.753. The van der Waals surface area contributed by atoms with Crippen LogP contribution in [0.4, 0.5) is 16.2 Å². The predicted octanol–water partition coefficient (Wildman–Crippen LogP) is 3.24. The molecule has 0 saturated heterocycles. The summed E-state index contributed by atoms with van der Waals surface area (Å²) < 4.78 is 0. The standard InChI is InChI=1S/C14H14ClN3O/c15-12-7-6-11(8-13(12)16)18-14(19)17-9-10-4-2-1-3-5-10/h1-8H,9,16H2,(H2,17,18,19). The maximum absolute atomic E-state index is 11.7. The molecule has 4 nitrogen and oxygen atoms in total. The van der Waals surface area contributed by atoms with Crippen molar-refractivity contribution in [2.24, 2.45) is 0 Å². The van der Waals surface area contributed by atoms with E-state index in [9.17, 15) is 4.79 Å². The maximum atomic E-state index is 11.7. The van der Waals surface area contributed by atoms with E-state index in [-0.39, 0.29) is 6.03 Å². The molecule has 0 aliphatic carbocycles. The van der Waals surface area contributed by atoms with Crippen molar-refractivity contribution >= 4 is 29.0 Å². The van der Waals surface area contributed by atoms with Gasteiger partial charge in [-0.15, -0.1) is 0 Å². The Morgan fingerprint density at radius 2 is 1.89 bits per heavy atom. The first-order valence-corrected chi connectivity index (χ1v) is 6.17. The van der Waals surface area contributed by atoms with Gasteiger partial charge in [0.1, 0.15) is 0 Å². The molecule has 0 atom stereocenters. The van der Waals surface area contributed by atoms with Crippen LogP contribution in [0.1, 0.15) is 5.56 Å². The molecule has 2 aromatic rings. The molecule has 0 fully saturated rings. The van der Waals surface area contributed by atoms with Crippen molar-refractivity contribution in [3.63, 3.8) is 0 Å². The second kappa shape index (κ2) is 6.11. The number of anilines is 2. The van der Waals surface area contributed by atoms with Crippen molar-refractivity contribution in [2.45, 2.75) is 6.54 Å². The molecule has 98 valence electrons. The molecular weight excluding hydrogens is 262 g/mol. The molecule has 4 N–H and O–H groups in total. The lowest BCUT2D eigenvalue weighted by Gasteiger charge is -2.08. The van der Waals surface area contributed by atoms with E-state index in [0.717, 1.165) is 5.56 Å². The van der Waals surface area contributed by atoms with Crippen molar-refractivity contribution in [1.29, 1.82) is 0 Å². The number of halogens is 1. The van der Waals surface area contributed by atoms with Crippen molar-refractivity contribution in [3.05, 3.63) is 59.1 Å². The Morgan fingerprint density at radius 1 is 1.16 bits per heavy atom. The summed E-state index contributed by atoms with van der Waals surface area (Å²) in [5.74, 6) is 0. The molecule has 0 spiro atoms. The lowest BCUT2D eigenvalue weighted by atomic mass is 10.2. The van der Waals surface area contributed by atoms with E-state index in [1.807, 2.05) is 30.3 Å². The SMILES string of the molecule is Nc1cc(NC(=O)NCc2ccccc2)ccc1Cl. The molecule has 19 heavy (non-hydrogen) atoms. The normalized spacial score (nSPS) is 9.95. The number of hydrogen-bond acceptors (Lipinski definition) is 2. The number of nitrogens with two attached hydrogens (primary N) is 1. The number of rotatable bonds is 3. The first-order chi connectivity index (χ1) is 9.15. The third-order valence-corrected chi connectivity index (χ3v) is 2.89. The van der Waals surface area contributed by atoms with Gasteiger partial charge >= 0.3 is 6.03 Å². The number of amides is 2. The number of urea groups is 1. The second-order valence-electron chi connectivity index (χ2n) is 4.03. The van der Waals surface area contributed by atoms with E-state index in [1.54, 1.807) is 18.2 Å². The fourth-order valence-electron chi connectivity index (χ4n) is 1.57. The average molecular weight is 276 g/mol. The van der Waals surface area contributed by atoms with Gasteiger partial charge < -0.3 is 16.4 Å². The second-order valence-corrected chi connectivity index (χ2v) is 4.44. The Morgan fingerprint density at radius 3 is 2.58 bits per heavy atom. The van der Waals surface area contributed by atoms with Crippen LogP contribution >= 0.6 is 11.6 Å². The number of carbonyl (C=O) groups excluding carboxylic acids is 1. The van der Waals surface area contributed by atoms with Crippen LogP contribution in [-0.4, -0.2) is 6.03 Å². The Hall–Kier alpha value is -2.20. The van der Waals surface area contributed by atoms with Gasteiger partial charge in [-0.1, -0.05) is 41.9 Å². The summed E-state index contributed by atoms with van der Waals surface area (Å²) in [6.07, 6.45) is 0. The Labute approximate surface area is 116 Å². The number of nitrogens with one attached hydrogen (secondary N) is 2. The van der Waals surface area contributed by atoms with Gasteiger partial charge in [-0.2, -0.15) is 0 Å². The zero-order valence-corrected chi connectivity index (χ0v) is 10.9. The number of benzene rings is 2. The number of carbonyl (C=O) groups is 1. The molecule has 2 aromatic carbocycles. The summed E-state index contributed by atoms with van der Waals surface area (Å²) in [4.78, 5) is 11.7. The van der Waals surface area contributed by atoms with Gasteiger partial charge in [-0.3, -0.25) is 0 Å². The fraction of sp³-hybridized carbons (Fsp3) is 0.0714. The first-order valence-electron chi connectivity index (χ1n) is 5.79. The smallest absolute Gasteiger partial charge is 0.319 e. The molecule has 0 heterocycles. The minimum Gasteiger partial charge on any atom is -0.397 e. The van der Waals surface area contributed by atoms with Gasteiger partial charge in [0.05, 0.1) is 10.7 Å². The molecule has 0 saturated carbocycles. The molecule has 0 bridgehead atoms. The monoisotopic (exact) mass is 275 g/mol. The maximum Gasteiger partial charge on any atom is 0.319 e. The van der Waals surface area contributed by atoms with Crippen LogP contribution in [0, 0.1) is 0 Å². The van der Waals surface area contributed by atoms with Crippen molar-refractivity contribution < 1.29 is 4.79 Å². The van der Waals surface area contributed by atoms with Crippen molar-refractivity contribution in [1.82, 2.24) is 5.32 Å². The van der Waals surface area contributed by atoms with E-state index < -0.39 is 0 Å². The Balaban J connectivity index is 1.89. The van der Waals surface area contributed by atoms with Gasteiger partial charge in [0, 0.05) is 12.2 Å². The third kappa shape index (κ3) is 3.89. The highest BCUT2D eigenvalue weighted by Crippen LogP contribution is 2.22. The molecule has 2 rings (SSSR count). The van der Waals surface area contributed by atoms with Crippen molar-refractivity contribution in [2.75, 3.05) is 11.1 Å². The average Bonchev–Trinajstić information content (AvgIpc) is 2.42. The highest BCUT2D eigenvalue weighted by Gasteiger charge is 2.03. The summed E-state index contributed by atoms with van der Waals surface area (Å²) >= 11 is 5.81. The minimum atomic E-state index is -0.287. The van der Waals surface area contributed by atoms with Crippen LogP contribution in [0.5, 0.6) is 0 Å². The summed E-state index contributed by atoms with van der Waals surface area (Å²) in [6.45, 7) is 0.468. The highest BCUT2D eigenvalue weighted by atomic mass is 35.5. The fourth-order valence-corrected chi connectivity index (χ4v) is 1.69. The number of nitrogen functional groups attached to an aromatic ring is 1. The molecule has 0 radical (unpaired) electrons. The Bertz CT molecular complexity index is 572. The van der Waals surface area contributed by atoms with E-state index in [4.69, 9.17) is 17.3 Å². The zero-order valence-electron chi connectivity index (χ0n) is 10.2. The summed E-state index contributed by atoms with van der Waals surface area (Å²) in [6, 6.07) is 14.3. The lowest BCUT2D eigenvalue weighted by Crippen LogP contribution is -2.28.